The molecule has 0 amide bonds. The summed E-state index contributed by atoms with van der Waals surface area (Å²) in [5, 5.41) is 0. The minimum absolute atomic E-state index is 0.406. The van der Waals surface area contributed by atoms with Crippen LogP contribution in [0.4, 0.5) is 5.69 Å². The molecule has 1 aromatic rings. The summed E-state index contributed by atoms with van der Waals surface area (Å²) in [5.74, 6) is 0.263. The molecule has 1 aliphatic rings. The molecule has 0 atom stereocenters. The number of benzene rings is 1. The quantitative estimate of drug-likeness (QED) is 0.606. The Morgan fingerprint density at radius 2 is 2.44 bits per heavy atom. The van der Waals surface area contributed by atoms with E-state index in [1.54, 1.807) is 12.1 Å². The topological polar surface area (TPSA) is 61.5 Å². The molecule has 1 aromatic carbocycles. The highest BCUT2D eigenvalue weighted by Gasteiger charge is 2.23. The van der Waals surface area contributed by atoms with Crippen molar-refractivity contribution >= 4 is 17.7 Å². The summed E-state index contributed by atoms with van der Waals surface area (Å²) in [4.78, 5) is 11.6. The van der Waals surface area contributed by atoms with Gasteiger partial charge in [-0.3, -0.25) is 0 Å². The third kappa shape index (κ3) is 1.43. The van der Waals surface area contributed by atoms with E-state index in [9.17, 15) is 4.79 Å². The molecule has 0 saturated heterocycles. The zero-order valence-electron chi connectivity index (χ0n) is 9.08. The number of hydrogen-bond donors (Lipinski definition) is 1. The van der Waals surface area contributed by atoms with Crippen LogP contribution in [0.3, 0.4) is 0 Å². The molecule has 1 aliphatic heterocycles. The number of fused-ring (bicyclic) bond motifs is 1. The lowest BCUT2D eigenvalue weighted by atomic mass is 9.98. The Kier molecular flexibility index (Phi) is 2.56. The largest absolute Gasteiger partial charge is 0.491 e. The number of anilines is 1. The molecular weight excluding hydrogens is 206 g/mol. The van der Waals surface area contributed by atoms with Gasteiger partial charge in [-0.25, -0.2) is 4.79 Å². The fourth-order valence-corrected chi connectivity index (χ4v) is 1.94. The van der Waals surface area contributed by atoms with E-state index in [0.29, 0.717) is 23.6 Å². The van der Waals surface area contributed by atoms with Crippen LogP contribution in [-0.2, 0) is 11.2 Å². The Bertz CT molecular complexity index is 466. The predicted octanol–water partition coefficient (Wildman–Crippen LogP) is 1.63. The van der Waals surface area contributed by atoms with Crippen LogP contribution >= 0.6 is 0 Å². The monoisotopic (exact) mass is 219 g/mol. The van der Waals surface area contributed by atoms with E-state index in [2.05, 4.69) is 6.58 Å². The number of ether oxygens (including phenoxy) is 2. The van der Waals surface area contributed by atoms with Gasteiger partial charge in [0.05, 0.1) is 25.0 Å². The Labute approximate surface area is 93.7 Å². The summed E-state index contributed by atoms with van der Waals surface area (Å²) in [7, 11) is 1.34. The van der Waals surface area contributed by atoms with Crippen LogP contribution < -0.4 is 10.5 Å². The Morgan fingerprint density at radius 3 is 3.06 bits per heavy atom. The Morgan fingerprint density at radius 1 is 1.69 bits per heavy atom. The fraction of sp³-hybridized carbons (Fsp3) is 0.250. The van der Waals surface area contributed by atoms with Crippen molar-refractivity contribution in [1.82, 2.24) is 0 Å². The van der Waals surface area contributed by atoms with Gasteiger partial charge >= 0.3 is 5.97 Å². The van der Waals surface area contributed by atoms with Crippen LogP contribution in [0, 0.1) is 0 Å². The molecule has 0 unspecified atom stereocenters. The molecule has 0 fully saturated rings. The van der Waals surface area contributed by atoms with Gasteiger partial charge in [-0.05, 0) is 11.6 Å². The SMILES string of the molecule is C=Cc1c(C(=O)OC)cc(N)c2c1CCO2. The van der Waals surface area contributed by atoms with Gasteiger partial charge < -0.3 is 15.2 Å². The zero-order valence-corrected chi connectivity index (χ0v) is 9.08. The van der Waals surface area contributed by atoms with Crippen LogP contribution in [-0.4, -0.2) is 19.7 Å². The summed E-state index contributed by atoms with van der Waals surface area (Å²) >= 11 is 0. The molecule has 0 bridgehead atoms. The van der Waals surface area contributed by atoms with Gasteiger partial charge in [0.1, 0.15) is 5.75 Å². The second-order valence-electron chi connectivity index (χ2n) is 3.53. The number of esters is 1. The van der Waals surface area contributed by atoms with Crippen molar-refractivity contribution in [1.29, 1.82) is 0 Å². The molecule has 1 heterocycles. The van der Waals surface area contributed by atoms with Crippen LogP contribution in [0.15, 0.2) is 12.6 Å². The molecule has 16 heavy (non-hydrogen) atoms. The van der Waals surface area contributed by atoms with Gasteiger partial charge in [-0.15, -0.1) is 0 Å². The number of rotatable bonds is 2. The normalized spacial score (nSPS) is 12.8. The molecule has 0 aromatic heterocycles. The average molecular weight is 219 g/mol. The summed E-state index contributed by atoms with van der Waals surface area (Å²) in [6.07, 6.45) is 2.38. The molecule has 4 heteroatoms. The third-order valence-electron chi connectivity index (χ3n) is 2.66. The lowest BCUT2D eigenvalue weighted by Crippen LogP contribution is -2.07. The molecule has 84 valence electrons. The van der Waals surface area contributed by atoms with Crippen molar-refractivity contribution in [2.24, 2.45) is 0 Å². The molecular formula is C12H13NO3. The van der Waals surface area contributed by atoms with E-state index in [4.69, 9.17) is 15.2 Å². The molecule has 0 aliphatic carbocycles. The fourth-order valence-electron chi connectivity index (χ4n) is 1.94. The van der Waals surface area contributed by atoms with Gasteiger partial charge in [-0.2, -0.15) is 0 Å². The number of nitrogen functional groups attached to an aromatic ring is 1. The molecule has 2 N–H and O–H groups in total. The van der Waals surface area contributed by atoms with E-state index >= 15 is 0 Å². The molecule has 2 rings (SSSR count). The smallest absolute Gasteiger partial charge is 0.338 e. The highest BCUT2D eigenvalue weighted by molar-refractivity contribution is 5.96. The predicted molar refractivity (Wildman–Crippen MR) is 61.5 cm³/mol. The minimum atomic E-state index is -0.406. The zero-order chi connectivity index (χ0) is 11.7. The summed E-state index contributed by atoms with van der Waals surface area (Å²) < 4.78 is 10.1. The maximum atomic E-state index is 11.6. The van der Waals surface area contributed by atoms with Crippen molar-refractivity contribution < 1.29 is 14.3 Å². The third-order valence-corrected chi connectivity index (χ3v) is 2.66. The van der Waals surface area contributed by atoms with Gasteiger partial charge in [-0.1, -0.05) is 12.7 Å². The first-order valence-electron chi connectivity index (χ1n) is 4.98. The molecule has 4 nitrogen and oxygen atoms in total. The van der Waals surface area contributed by atoms with Crippen molar-refractivity contribution in [3.63, 3.8) is 0 Å². The van der Waals surface area contributed by atoms with Crippen molar-refractivity contribution in [3.8, 4) is 5.75 Å². The maximum absolute atomic E-state index is 11.6. The van der Waals surface area contributed by atoms with E-state index in [0.717, 1.165) is 17.5 Å². The first-order valence-corrected chi connectivity index (χ1v) is 4.98. The second-order valence-corrected chi connectivity index (χ2v) is 3.53. The summed E-state index contributed by atoms with van der Waals surface area (Å²) in [6, 6.07) is 1.58. The first kappa shape index (κ1) is 10.5. The van der Waals surface area contributed by atoms with Crippen molar-refractivity contribution in [3.05, 3.63) is 29.3 Å². The van der Waals surface area contributed by atoms with Gasteiger partial charge in [0.15, 0.2) is 0 Å². The lowest BCUT2D eigenvalue weighted by molar-refractivity contribution is 0.0600. The maximum Gasteiger partial charge on any atom is 0.338 e. The van der Waals surface area contributed by atoms with E-state index in [-0.39, 0.29) is 0 Å². The van der Waals surface area contributed by atoms with Gasteiger partial charge in [0.25, 0.3) is 0 Å². The van der Waals surface area contributed by atoms with E-state index in [1.165, 1.54) is 7.11 Å². The number of hydrogen-bond acceptors (Lipinski definition) is 4. The second kappa shape index (κ2) is 3.89. The summed E-state index contributed by atoms with van der Waals surface area (Å²) in [6.45, 7) is 4.30. The van der Waals surface area contributed by atoms with E-state index < -0.39 is 5.97 Å². The number of carbonyl (C=O) groups excluding carboxylic acids is 1. The van der Waals surface area contributed by atoms with E-state index in [1.807, 2.05) is 0 Å². The number of carbonyl (C=O) groups is 1. The Balaban J connectivity index is 2.67. The molecule has 0 spiro atoms. The average Bonchev–Trinajstić information content (AvgIpc) is 2.77. The summed E-state index contributed by atoms with van der Waals surface area (Å²) in [5.41, 5.74) is 8.43. The highest BCUT2D eigenvalue weighted by atomic mass is 16.5. The van der Waals surface area contributed by atoms with Crippen LogP contribution in [0.2, 0.25) is 0 Å². The number of methoxy groups -OCH3 is 1. The van der Waals surface area contributed by atoms with Crippen LogP contribution in [0.1, 0.15) is 21.5 Å². The van der Waals surface area contributed by atoms with Crippen molar-refractivity contribution in [2.45, 2.75) is 6.42 Å². The Hall–Kier alpha value is -1.97. The standard InChI is InChI=1S/C12H13NO3/c1-3-7-8-4-5-16-11(8)10(13)6-9(7)12(14)15-2/h3,6H,1,4-5,13H2,2H3. The van der Waals surface area contributed by atoms with Gasteiger partial charge in [0.2, 0.25) is 0 Å². The van der Waals surface area contributed by atoms with Crippen molar-refractivity contribution in [2.75, 3.05) is 19.5 Å². The van der Waals surface area contributed by atoms with Gasteiger partial charge in [0, 0.05) is 12.0 Å². The van der Waals surface area contributed by atoms with Crippen LogP contribution in [0.5, 0.6) is 5.75 Å². The molecule has 0 saturated carbocycles. The molecule has 0 radical (unpaired) electrons. The highest BCUT2D eigenvalue weighted by Crippen LogP contribution is 2.37. The number of nitrogens with two attached hydrogens (primary N) is 1. The first-order chi connectivity index (χ1) is 7.69. The lowest BCUT2D eigenvalue weighted by Gasteiger charge is -2.11. The minimum Gasteiger partial charge on any atom is -0.491 e. The van der Waals surface area contributed by atoms with Crippen LogP contribution in [0.25, 0.3) is 6.08 Å².